The van der Waals surface area contributed by atoms with Crippen molar-refractivity contribution in [1.29, 1.82) is 0 Å². The van der Waals surface area contributed by atoms with Crippen molar-refractivity contribution in [1.82, 2.24) is 14.0 Å². The van der Waals surface area contributed by atoms with Gasteiger partial charge in [0.05, 0.1) is 21.5 Å². The van der Waals surface area contributed by atoms with E-state index in [1.807, 2.05) is 12.1 Å². The lowest BCUT2D eigenvalue weighted by atomic mass is 10.1. The summed E-state index contributed by atoms with van der Waals surface area (Å²) in [5.74, 6) is -0.0808. The Bertz CT molecular complexity index is 1530. The molecule has 0 saturated carbocycles. The van der Waals surface area contributed by atoms with Crippen molar-refractivity contribution in [3.63, 3.8) is 0 Å². The Labute approximate surface area is 203 Å². The molecular formula is C25H28N4O5S. The number of anilines is 1. The zero-order chi connectivity index (χ0) is 24.7. The van der Waals surface area contributed by atoms with Crippen LogP contribution in [0, 0.1) is 0 Å². The van der Waals surface area contributed by atoms with Gasteiger partial charge in [0.15, 0.2) is 0 Å². The van der Waals surface area contributed by atoms with Gasteiger partial charge in [-0.15, -0.1) is 0 Å². The maximum atomic E-state index is 13.5. The van der Waals surface area contributed by atoms with E-state index < -0.39 is 21.3 Å². The number of amides is 1. The van der Waals surface area contributed by atoms with Gasteiger partial charge in [-0.1, -0.05) is 18.2 Å². The van der Waals surface area contributed by atoms with E-state index in [-0.39, 0.29) is 29.2 Å². The van der Waals surface area contributed by atoms with Crippen LogP contribution in [0.2, 0.25) is 0 Å². The number of para-hydroxylation sites is 1. The van der Waals surface area contributed by atoms with Gasteiger partial charge in [-0.2, -0.15) is 0 Å². The number of fused-ring (bicyclic) bond motifs is 2. The predicted molar refractivity (Wildman–Crippen MR) is 133 cm³/mol. The van der Waals surface area contributed by atoms with Crippen LogP contribution in [0.1, 0.15) is 31.2 Å². The van der Waals surface area contributed by atoms with E-state index >= 15 is 0 Å². The smallest absolute Gasteiger partial charge is 0.331 e. The van der Waals surface area contributed by atoms with Crippen molar-refractivity contribution in [2.24, 2.45) is 7.05 Å². The SMILES string of the molecule is Cn1c(=O)n(CCC(=O)N2CCCCC2)c(=O)c2cc(S(=O)(=O)N3CCc4ccccc43)ccc21. The maximum absolute atomic E-state index is 13.5. The van der Waals surface area contributed by atoms with Gasteiger partial charge in [0.25, 0.3) is 15.6 Å². The minimum absolute atomic E-state index is 0.00612. The molecular weight excluding hydrogens is 468 g/mol. The summed E-state index contributed by atoms with van der Waals surface area (Å²) in [6, 6.07) is 11.6. The summed E-state index contributed by atoms with van der Waals surface area (Å²) in [6.45, 7) is 1.68. The van der Waals surface area contributed by atoms with Crippen LogP contribution in [0.25, 0.3) is 10.9 Å². The van der Waals surface area contributed by atoms with Crippen molar-refractivity contribution in [2.75, 3.05) is 23.9 Å². The number of carbonyl (C=O) groups excluding carboxylic acids is 1. The van der Waals surface area contributed by atoms with Crippen LogP contribution in [0.15, 0.2) is 56.9 Å². The molecule has 10 heteroatoms. The van der Waals surface area contributed by atoms with Gasteiger partial charge in [0, 0.05) is 39.6 Å². The quantitative estimate of drug-likeness (QED) is 0.537. The van der Waals surface area contributed by atoms with Crippen molar-refractivity contribution in [3.05, 3.63) is 68.9 Å². The highest BCUT2D eigenvalue weighted by Gasteiger charge is 2.31. The lowest BCUT2D eigenvalue weighted by molar-refractivity contribution is -0.132. The van der Waals surface area contributed by atoms with Gasteiger partial charge in [-0.25, -0.2) is 13.2 Å². The fourth-order valence-electron chi connectivity index (χ4n) is 5.05. The Morgan fingerprint density at radius 2 is 1.71 bits per heavy atom. The van der Waals surface area contributed by atoms with Crippen LogP contribution in [0.4, 0.5) is 5.69 Å². The average Bonchev–Trinajstić information content (AvgIpc) is 3.32. The molecule has 1 amide bonds. The van der Waals surface area contributed by atoms with Crippen molar-refractivity contribution in [3.8, 4) is 0 Å². The van der Waals surface area contributed by atoms with Crippen LogP contribution in [-0.2, 0) is 34.8 Å². The number of nitrogens with zero attached hydrogens (tertiary/aromatic N) is 4. The molecule has 0 N–H and O–H groups in total. The van der Waals surface area contributed by atoms with E-state index in [1.54, 1.807) is 17.0 Å². The van der Waals surface area contributed by atoms with E-state index in [2.05, 4.69) is 0 Å². The van der Waals surface area contributed by atoms with Gasteiger partial charge in [0.1, 0.15) is 0 Å². The third kappa shape index (κ3) is 4.05. The second-order valence-corrected chi connectivity index (χ2v) is 11.0. The number of benzene rings is 2. The normalized spacial score (nSPS) is 16.0. The maximum Gasteiger partial charge on any atom is 0.331 e. The summed E-state index contributed by atoms with van der Waals surface area (Å²) in [5.41, 5.74) is 0.826. The largest absolute Gasteiger partial charge is 0.343 e. The first-order valence-corrected chi connectivity index (χ1v) is 13.3. The number of sulfonamides is 1. The zero-order valence-electron chi connectivity index (χ0n) is 19.6. The zero-order valence-corrected chi connectivity index (χ0v) is 20.5. The highest BCUT2D eigenvalue weighted by molar-refractivity contribution is 7.92. The Kier molecular flexibility index (Phi) is 6.00. The van der Waals surface area contributed by atoms with Gasteiger partial charge >= 0.3 is 5.69 Å². The molecule has 3 heterocycles. The minimum Gasteiger partial charge on any atom is -0.343 e. The molecule has 0 bridgehead atoms. The number of carbonyl (C=O) groups is 1. The molecule has 0 radical (unpaired) electrons. The fraction of sp³-hybridized carbons (Fsp3) is 0.400. The number of rotatable bonds is 5. The van der Waals surface area contributed by atoms with Gasteiger partial charge in [-0.3, -0.25) is 23.0 Å². The molecule has 2 aliphatic rings. The number of likely N-dealkylation sites (tertiary alicyclic amines) is 1. The Morgan fingerprint density at radius 3 is 2.49 bits per heavy atom. The summed E-state index contributed by atoms with van der Waals surface area (Å²) in [7, 11) is -2.36. The van der Waals surface area contributed by atoms with E-state index in [4.69, 9.17) is 0 Å². The Hall–Kier alpha value is -3.40. The minimum atomic E-state index is -3.90. The third-order valence-electron chi connectivity index (χ3n) is 7.01. The van der Waals surface area contributed by atoms with Crippen molar-refractivity contribution in [2.45, 2.75) is 43.5 Å². The molecule has 5 rings (SSSR count). The number of aryl methyl sites for hydroxylation is 1. The second-order valence-electron chi connectivity index (χ2n) is 9.12. The Balaban J connectivity index is 1.50. The van der Waals surface area contributed by atoms with Gasteiger partial charge in [-0.05, 0) is 55.5 Å². The lowest BCUT2D eigenvalue weighted by Crippen LogP contribution is -2.41. The van der Waals surface area contributed by atoms with Crippen LogP contribution in [0.3, 0.4) is 0 Å². The molecule has 1 aromatic heterocycles. The summed E-state index contributed by atoms with van der Waals surface area (Å²) >= 11 is 0. The first kappa shape index (κ1) is 23.3. The summed E-state index contributed by atoms with van der Waals surface area (Å²) in [5, 5.41) is 0.131. The molecule has 1 saturated heterocycles. The van der Waals surface area contributed by atoms with E-state index in [0.717, 1.165) is 29.4 Å². The van der Waals surface area contributed by atoms with E-state index in [1.165, 1.54) is 34.1 Å². The summed E-state index contributed by atoms with van der Waals surface area (Å²) < 4.78 is 30.7. The standard InChI is InChI=1S/C25H28N4O5S/c1-26-22-10-9-19(35(33,34)29-16-11-18-7-3-4-8-21(18)29)17-20(22)24(31)28(25(26)32)15-12-23(30)27-13-5-2-6-14-27/h3-4,7-10,17H,2,5-6,11-16H2,1H3. The van der Waals surface area contributed by atoms with Crippen molar-refractivity contribution >= 4 is 32.5 Å². The van der Waals surface area contributed by atoms with E-state index in [9.17, 15) is 22.8 Å². The fourth-order valence-corrected chi connectivity index (χ4v) is 6.58. The van der Waals surface area contributed by atoms with Crippen LogP contribution < -0.4 is 15.6 Å². The first-order chi connectivity index (χ1) is 16.8. The highest BCUT2D eigenvalue weighted by atomic mass is 32.2. The monoisotopic (exact) mass is 496 g/mol. The summed E-state index contributed by atoms with van der Waals surface area (Å²) in [6.07, 6.45) is 3.69. The van der Waals surface area contributed by atoms with Crippen molar-refractivity contribution < 1.29 is 13.2 Å². The van der Waals surface area contributed by atoms with Gasteiger partial charge < -0.3 is 4.90 Å². The number of hydrogen-bond acceptors (Lipinski definition) is 5. The number of piperidine rings is 1. The summed E-state index contributed by atoms with van der Waals surface area (Å²) in [4.78, 5) is 40.6. The molecule has 1 fully saturated rings. The Morgan fingerprint density at radius 1 is 0.971 bits per heavy atom. The number of hydrogen-bond donors (Lipinski definition) is 0. The molecule has 2 aliphatic heterocycles. The van der Waals surface area contributed by atoms with E-state index in [0.29, 0.717) is 37.3 Å². The second kappa shape index (κ2) is 8.99. The lowest BCUT2D eigenvalue weighted by Gasteiger charge is -2.26. The molecule has 3 aromatic rings. The van der Waals surface area contributed by atoms with Gasteiger partial charge in [0.2, 0.25) is 5.91 Å². The molecule has 2 aromatic carbocycles. The third-order valence-corrected chi connectivity index (χ3v) is 8.82. The van der Waals surface area contributed by atoms with Crippen LogP contribution in [0.5, 0.6) is 0 Å². The molecule has 184 valence electrons. The molecule has 35 heavy (non-hydrogen) atoms. The highest BCUT2D eigenvalue weighted by Crippen LogP contribution is 2.33. The average molecular weight is 497 g/mol. The van der Waals surface area contributed by atoms with Crippen LogP contribution >= 0.6 is 0 Å². The number of aromatic nitrogens is 2. The molecule has 0 spiro atoms. The molecule has 9 nitrogen and oxygen atoms in total. The van der Waals surface area contributed by atoms with Crippen LogP contribution in [-0.4, -0.2) is 48.0 Å². The predicted octanol–water partition coefficient (Wildman–Crippen LogP) is 1.85. The molecule has 0 atom stereocenters. The molecule has 0 aliphatic carbocycles. The molecule has 0 unspecified atom stereocenters. The first-order valence-electron chi connectivity index (χ1n) is 11.9. The topological polar surface area (TPSA) is 102 Å².